The van der Waals surface area contributed by atoms with Crippen molar-refractivity contribution in [1.82, 2.24) is 19.7 Å². The van der Waals surface area contributed by atoms with Crippen molar-refractivity contribution in [3.05, 3.63) is 33.0 Å². The van der Waals surface area contributed by atoms with Crippen molar-refractivity contribution in [3.63, 3.8) is 0 Å². The summed E-state index contributed by atoms with van der Waals surface area (Å²) in [5, 5.41) is 5.38. The Balaban J connectivity index is 1.66. The van der Waals surface area contributed by atoms with E-state index in [0.29, 0.717) is 11.5 Å². The van der Waals surface area contributed by atoms with Crippen LogP contribution in [-0.2, 0) is 6.54 Å². The molecule has 6 nitrogen and oxygen atoms in total. The number of thiazole rings is 1. The van der Waals surface area contributed by atoms with E-state index in [2.05, 4.69) is 17.0 Å². The van der Waals surface area contributed by atoms with Crippen molar-refractivity contribution in [2.45, 2.75) is 59.4 Å². The van der Waals surface area contributed by atoms with Gasteiger partial charge in [-0.25, -0.2) is 4.98 Å². The zero-order valence-electron chi connectivity index (χ0n) is 15.9. The molecule has 0 unspecified atom stereocenters. The lowest BCUT2D eigenvalue weighted by atomic mass is 9.97. The summed E-state index contributed by atoms with van der Waals surface area (Å²) in [6.07, 6.45) is 4.47. The molecule has 1 amide bonds. The molecule has 0 aromatic carbocycles. The lowest BCUT2D eigenvalue weighted by molar-refractivity contribution is 0.0712. The highest BCUT2D eigenvalue weighted by atomic mass is 32.1. The lowest BCUT2D eigenvalue weighted by Crippen LogP contribution is -2.38. The zero-order valence-corrected chi connectivity index (χ0v) is 16.7. The Kier molecular flexibility index (Phi) is 5.55. The number of carbonyl (C=O) groups excluding carboxylic acids is 2. The predicted molar refractivity (Wildman–Crippen MR) is 102 cm³/mol. The highest BCUT2D eigenvalue weighted by Crippen LogP contribution is 2.33. The van der Waals surface area contributed by atoms with Gasteiger partial charge in [0.15, 0.2) is 5.78 Å². The summed E-state index contributed by atoms with van der Waals surface area (Å²) in [7, 11) is 0. The van der Waals surface area contributed by atoms with E-state index in [9.17, 15) is 9.59 Å². The fourth-order valence-corrected chi connectivity index (χ4v) is 4.64. The molecule has 0 atom stereocenters. The molecule has 0 aliphatic carbocycles. The van der Waals surface area contributed by atoms with Gasteiger partial charge in [0.2, 0.25) is 0 Å². The number of Topliss-reactive ketones (excluding diaryl/α,β-unsaturated/α-hetero) is 1. The maximum Gasteiger partial charge on any atom is 0.257 e. The zero-order chi connectivity index (χ0) is 18.8. The molecule has 1 aliphatic heterocycles. The molecular weight excluding hydrogens is 348 g/mol. The Hall–Kier alpha value is -2.02. The van der Waals surface area contributed by atoms with Gasteiger partial charge in [0.25, 0.3) is 5.91 Å². The van der Waals surface area contributed by atoms with E-state index in [-0.39, 0.29) is 11.7 Å². The van der Waals surface area contributed by atoms with Gasteiger partial charge in [-0.05, 0) is 33.1 Å². The maximum absolute atomic E-state index is 12.8. The van der Waals surface area contributed by atoms with Crippen LogP contribution in [0.4, 0.5) is 0 Å². The van der Waals surface area contributed by atoms with Crippen molar-refractivity contribution in [3.8, 4) is 0 Å². The molecule has 0 N–H and O–H groups in total. The minimum atomic E-state index is 0.0723. The summed E-state index contributed by atoms with van der Waals surface area (Å²) in [5.41, 5.74) is 2.48. The average molecular weight is 375 g/mol. The molecule has 3 rings (SSSR count). The van der Waals surface area contributed by atoms with Gasteiger partial charge >= 0.3 is 0 Å². The second-order valence-corrected chi connectivity index (χ2v) is 7.99. The Morgan fingerprint density at radius 3 is 2.54 bits per heavy atom. The van der Waals surface area contributed by atoms with E-state index in [1.165, 1.54) is 11.3 Å². The number of aryl methyl sites for hydroxylation is 2. The second-order valence-electron chi connectivity index (χ2n) is 6.96. The average Bonchev–Trinajstić information content (AvgIpc) is 3.18. The number of hydrogen-bond acceptors (Lipinski definition) is 5. The Labute approximate surface area is 158 Å². The number of likely N-dealkylation sites (tertiary alicyclic amines) is 1. The van der Waals surface area contributed by atoms with Crippen LogP contribution >= 0.6 is 11.3 Å². The first-order valence-electron chi connectivity index (χ1n) is 9.22. The van der Waals surface area contributed by atoms with Crippen LogP contribution in [0, 0.1) is 13.8 Å². The van der Waals surface area contributed by atoms with E-state index < -0.39 is 0 Å². The van der Waals surface area contributed by atoms with Gasteiger partial charge in [-0.2, -0.15) is 5.10 Å². The quantitative estimate of drug-likeness (QED) is 0.750. The summed E-state index contributed by atoms with van der Waals surface area (Å²) in [6.45, 7) is 9.82. The number of piperidine rings is 1. The minimum Gasteiger partial charge on any atom is -0.338 e. The summed E-state index contributed by atoms with van der Waals surface area (Å²) in [6, 6.07) is 0. The van der Waals surface area contributed by atoms with Crippen LogP contribution in [-0.4, -0.2) is 44.4 Å². The van der Waals surface area contributed by atoms with Gasteiger partial charge in [-0.3, -0.25) is 14.3 Å². The SMILES string of the molecule is CCCn1ncc(C(=O)N2CCC(c3nc(C)c(C(C)=O)s3)CC2)c1C. The van der Waals surface area contributed by atoms with Crippen LogP contribution in [0.15, 0.2) is 6.20 Å². The Morgan fingerprint density at radius 1 is 1.27 bits per heavy atom. The smallest absolute Gasteiger partial charge is 0.257 e. The van der Waals surface area contributed by atoms with Crippen molar-refractivity contribution < 1.29 is 9.59 Å². The molecule has 7 heteroatoms. The Bertz CT molecular complexity index is 816. The van der Waals surface area contributed by atoms with Crippen molar-refractivity contribution in [2.24, 2.45) is 0 Å². The van der Waals surface area contributed by atoms with Crippen molar-refractivity contribution in [1.29, 1.82) is 0 Å². The minimum absolute atomic E-state index is 0.0723. The summed E-state index contributed by atoms with van der Waals surface area (Å²) >= 11 is 1.51. The molecule has 140 valence electrons. The molecule has 1 saturated heterocycles. The number of nitrogens with zero attached hydrogens (tertiary/aromatic N) is 4. The third kappa shape index (κ3) is 3.58. The van der Waals surface area contributed by atoms with Gasteiger partial charge in [0.05, 0.1) is 27.3 Å². The molecular formula is C19H26N4O2S. The normalized spacial score (nSPS) is 15.5. The Morgan fingerprint density at radius 2 is 1.96 bits per heavy atom. The van der Waals surface area contributed by atoms with E-state index in [1.54, 1.807) is 13.1 Å². The third-order valence-corrected chi connectivity index (χ3v) is 6.45. The number of rotatable bonds is 5. The fourth-order valence-electron chi connectivity index (χ4n) is 3.51. The van der Waals surface area contributed by atoms with Crippen LogP contribution in [0.25, 0.3) is 0 Å². The van der Waals surface area contributed by atoms with Crippen LogP contribution in [0.5, 0.6) is 0 Å². The van der Waals surface area contributed by atoms with E-state index in [4.69, 9.17) is 0 Å². The highest BCUT2D eigenvalue weighted by molar-refractivity contribution is 7.13. The molecule has 0 bridgehead atoms. The van der Waals surface area contributed by atoms with Gasteiger partial charge in [-0.15, -0.1) is 11.3 Å². The van der Waals surface area contributed by atoms with Gasteiger partial charge < -0.3 is 4.90 Å². The number of ketones is 1. The fraction of sp³-hybridized carbons (Fsp3) is 0.579. The van der Waals surface area contributed by atoms with Gasteiger partial charge in [-0.1, -0.05) is 6.92 Å². The van der Waals surface area contributed by atoms with Crippen LogP contribution < -0.4 is 0 Å². The number of hydrogen-bond donors (Lipinski definition) is 0. The summed E-state index contributed by atoms with van der Waals surface area (Å²) < 4.78 is 1.90. The van der Waals surface area contributed by atoms with Gasteiger partial charge in [0.1, 0.15) is 0 Å². The lowest BCUT2D eigenvalue weighted by Gasteiger charge is -2.31. The van der Waals surface area contributed by atoms with Crippen molar-refractivity contribution in [2.75, 3.05) is 13.1 Å². The van der Waals surface area contributed by atoms with E-state index >= 15 is 0 Å². The molecule has 26 heavy (non-hydrogen) atoms. The largest absolute Gasteiger partial charge is 0.338 e. The summed E-state index contributed by atoms with van der Waals surface area (Å²) in [4.78, 5) is 31.8. The van der Waals surface area contributed by atoms with Crippen LogP contribution in [0.1, 0.15) is 75.5 Å². The molecule has 0 saturated carbocycles. The first kappa shape index (κ1) is 18.8. The standard InChI is InChI=1S/C19H26N4O2S/c1-5-8-23-13(3)16(11-20-23)19(25)22-9-6-15(7-10-22)18-21-12(2)17(26-18)14(4)24/h11,15H,5-10H2,1-4H3. The highest BCUT2D eigenvalue weighted by Gasteiger charge is 2.28. The molecule has 1 fully saturated rings. The molecule has 2 aromatic heterocycles. The predicted octanol–water partition coefficient (Wildman–Crippen LogP) is 3.59. The molecule has 3 heterocycles. The monoisotopic (exact) mass is 374 g/mol. The summed E-state index contributed by atoms with van der Waals surface area (Å²) in [5.74, 6) is 0.487. The van der Waals surface area contributed by atoms with Crippen molar-refractivity contribution >= 4 is 23.0 Å². The number of amides is 1. The third-order valence-electron chi connectivity index (χ3n) is 5.03. The molecule has 1 aliphatic rings. The second kappa shape index (κ2) is 7.70. The van der Waals surface area contributed by atoms with E-state index in [0.717, 1.165) is 60.2 Å². The molecule has 0 spiro atoms. The maximum atomic E-state index is 12.8. The topological polar surface area (TPSA) is 68.1 Å². The number of carbonyl (C=O) groups is 2. The van der Waals surface area contributed by atoms with Crippen LogP contribution in [0.3, 0.4) is 0 Å². The van der Waals surface area contributed by atoms with Crippen LogP contribution in [0.2, 0.25) is 0 Å². The van der Waals surface area contributed by atoms with Gasteiger partial charge in [0, 0.05) is 38.2 Å². The molecule has 2 aromatic rings. The number of aromatic nitrogens is 3. The first-order chi connectivity index (χ1) is 12.4. The van der Waals surface area contributed by atoms with E-state index in [1.807, 2.05) is 23.4 Å². The first-order valence-corrected chi connectivity index (χ1v) is 10.0. The molecule has 0 radical (unpaired) electrons.